The molecule has 1 aromatic carbocycles. The zero-order chi connectivity index (χ0) is 9.10. The van der Waals surface area contributed by atoms with Crippen LogP contribution < -0.4 is 0 Å². The average Bonchev–Trinajstić information content (AvgIpc) is 2.61. The van der Waals surface area contributed by atoms with E-state index in [0.29, 0.717) is 0 Å². The predicted molar refractivity (Wildman–Crippen MR) is 52.9 cm³/mol. The maximum atomic E-state index is 4.60. The molecule has 0 radical (unpaired) electrons. The van der Waals surface area contributed by atoms with E-state index in [2.05, 4.69) is 15.0 Å². The summed E-state index contributed by atoms with van der Waals surface area (Å²) in [5.41, 5.74) is 2.14. The van der Waals surface area contributed by atoms with E-state index >= 15 is 0 Å². The second-order valence-corrected chi connectivity index (χ2v) is 2.74. The number of aromatic nitrogens is 1. The fraction of sp³-hybridized carbons (Fsp3) is 0.100. The highest BCUT2D eigenvalue weighted by Gasteiger charge is 1.94. The summed E-state index contributed by atoms with van der Waals surface area (Å²) < 4.78 is 0. The Kier molecular flexibility index (Phi) is 2.00. The van der Waals surface area contributed by atoms with E-state index in [-0.39, 0.29) is 0 Å². The van der Waals surface area contributed by atoms with E-state index in [1.165, 1.54) is 12.5 Å². The van der Waals surface area contributed by atoms with Crippen LogP contribution >= 0.6 is 0 Å². The molecular formula is C10H10N2O. The van der Waals surface area contributed by atoms with Crippen molar-refractivity contribution in [3.05, 3.63) is 36.0 Å². The standard InChI is InChI=1S/C10H10N2O/c1-13-12-7-8-2-3-9-4-5-11-10(9)6-8/h2-7,11H,1H3. The Bertz CT molecular complexity index is 431. The third kappa shape index (κ3) is 1.54. The molecule has 13 heavy (non-hydrogen) atoms. The number of hydrogen-bond acceptors (Lipinski definition) is 2. The molecule has 1 N–H and O–H groups in total. The normalized spacial score (nSPS) is 11.2. The van der Waals surface area contributed by atoms with Gasteiger partial charge in [0.25, 0.3) is 0 Å². The van der Waals surface area contributed by atoms with Crippen LogP contribution in [0.25, 0.3) is 10.9 Å². The first kappa shape index (κ1) is 7.86. The molecule has 0 bridgehead atoms. The van der Waals surface area contributed by atoms with Gasteiger partial charge < -0.3 is 9.82 Å². The van der Waals surface area contributed by atoms with E-state index in [0.717, 1.165) is 11.1 Å². The molecule has 0 aliphatic carbocycles. The first-order valence-electron chi connectivity index (χ1n) is 4.04. The smallest absolute Gasteiger partial charge is 0.106 e. The minimum atomic E-state index is 1.02. The molecule has 0 aliphatic heterocycles. The predicted octanol–water partition coefficient (Wildman–Crippen LogP) is 2.15. The lowest BCUT2D eigenvalue weighted by Gasteiger charge is -1.93. The lowest BCUT2D eigenvalue weighted by Crippen LogP contribution is -1.81. The first-order chi connectivity index (χ1) is 6.40. The molecule has 0 unspecified atom stereocenters. The lowest BCUT2D eigenvalue weighted by atomic mass is 10.2. The highest BCUT2D eigenvalue weighted by Crippen LogP contribution is 2.12. The van der Waals surface area contributed by atoms with Crippen LogP contribution in [0.15, 0.2) is 35.6 Å². The minimum absolute atomic E-state index is 1.02. The van der Waals surface area contributed by atoms with Crippen molar-refractivity contribution in [3.63, 3.8) is 0 Å². The van der Waals surface area contributed by atoms with Crippen LogP contribution in [-0.4, -0.2) is 18.3 Å². The van der Waals surface area contributed by atoms with E-state index < -0.39 is 0 Å². The van der Waals surface area contributed by atoms with E-state index in [4.69, 9.17) is 0 Å². The molecule has 2 rings (SSSR count). The Morgan fingerprint density at radius 2 is 2.31 bits per heavy atom. The molecule has 0 saturated carbocycles. The lowest BCUT2D eigenvalue weighted by molar-refractivity contribution is 0.215. The van der Waals surface area contributed by atoms with Gasteiger partial charge in [-0.25, -0.2) is 0 Å². The summed E-state index contributed by atoms with van der Waals surface area (Å²) in [6, 6.07) is 8.10. The van der Waals surface area contributed by atoms with Gasteiger partial charge in [0.05, 0.1) is 6.21 Å². The summed E-state index contributed by atoms with van der Waals surface area (Å²) in [5, 5.41) is 4.90. The van der Waals surface area contributed by atoms with Gasteiger partial charge in [-0.1, -0.05) is 17.3 Å². The third-order valence-electron chi connectivity index (χ3n) is 1.89. The SMILES string of the molecule is CON=Cc1ccc2cc[nH]c2c1. The fourth-order valence-corrected chi connectivity index (χ4v) is 1.26. The Hall–Kier alpha value is -1.77. The van der Waals surface area contributed by atoms with Crippen LogP contribution in [0.4, 0.5) is 0 Å². The number of fused-ring (bicyclic) bond motifs is 1. The number of aromatic amines is 1. The van der Waals surface area contributed by atoms with Gasteiger partial charge in [-0.15, -0.1) is 0 Å². The van der Waals surface area contributed by atoms with Crippen molar-refractivity contribution in [2.24, 2.45) is 5.16 Å². The highest BCUT2D eigenvalue weighted by atomic mass is 16.6. The number of benzene rings is 1. The molecule has 0 fully saturated rings. The Morgan fingerprint density at radius 3 is 3.15 bits per heavy atom. The second kappa shape index (κ2) is 3.31. The molecule has 0 amide bonds. The van der Waals surface area contributed by atoms with Gasteiger partial charge in [0.1, 0.15) is 7.11 Å². The fourth-order valence-electron chi connectivity index (χ4n) is 1.26. The van der Waals surface area contributed by atoms with Gasteiger partial charge in [-0.05, 0) is 23.1 Å². The molecular weight excluding hydrogens is 164 g/mol. The third-order valence-corrected chi connectivity index (χ3v) is 1.89. The van der Waals surface area contributed by atoms with Gasteiger partial charge >= 0.3 is 0 Å². The molecule has 66 valence electrons. The van der Waals surface area contributed by atoms with Crippen LogP contribution in [0.3, 0.4) is 0 Å². The Labute approximate surface area is 76.0 Å². The molecule has 0 spiro atoms. The summed E-state index contributed by atoms with van der Waals surface area (Å²) in [5.74, 6) is 0. The van der Waals surface area contributed by atoms with Crippen LogP contribution in [-0.2, 0) is 4.84 Å². The van der Waals surface area contributed by atoms with Crippen molar-refractivity contribution in [2.75, 3.05) is 7.11 Å². The number of oxime groups is 1. The first-order valence-corrected chi connectivity index (χ1v) is 4.04. The number of nitrogens with one attached hydrogen (secondary N) is 1. The Morgan fingerprint density at radius 1 is 1.38 bits per heavy atom. The van der Waals surface area contributed by atoms with Crippen molar-refractivity contribution in [3.8, 4) is 0 Å². The van der Waals surface area contributed by atoms with Gasteiger partial charge in [-0.3, -0.25) is 0 Å². The topological polar surface area (TPSA) is 37.4 Å². The second-order valence-electron chi connectivity index (χ2n) is 2.74. The number of nitrogens with zero attached hydrogens (tertiary/aromatic N) is 1. The average molecular weight is 174 g/mol. The van der Waals surface area contributed by atoms with Crippen molar-refractivity contribution in [2.45, 2.75) is 0 Å². The molecule has 0 atom stereocenters. The summed E-state index contributed by atoms with van der Waals surface area (Å²) >= 11 is 0. The summed E-state index contributed by atoms with van der Waals surface area (Å²) in [7, 11) is 1.53. The number of H-pyrrole nitrogens is 1. The van der Waals surface area contributed by atoms with E-state index in [9.17, 15) is 0 Å². The molecule has 3 nitrogen and oxygen atoms in total. The maximum absolute atomic E-state index is 4.60. The van der Waals surface area contributed by atoms with Gasteiger partial charge in [0.2, 0.25) is 0 Å². The molecule has 2 aromatic rings. The zero-order valence-electron chi connectivity index (χ0n) is 7.32. The molecule has 3 heteroatoms. The molecule has 0 aliphatic rings. The molecule has 1 aromatic heterocycles. The van der Waals surface area contributed by atoms with Crippen LogP contribution in [0.2, 0.25) is 0 Å². The summed E-state index contributed by atoms with van der Waals surface area (Å²) in [4.78, 5) is 7.73. The van der Waals surface area contributed by atoms with Crippen LogP contribution in [0, 0.1) is 0 Å². The molecule has 0 saturated heterocycles. The quantitative estimate of drug-likeness (QED) is 0.549. The zero-order valence-corrected chi connectivity index (χ0v) is 7.32. The van der Waals surface area contributed by atoms with Crippen molar-refractivity contribution in [1.82, 2.24) is 4.98 Å². The van der Waals surface area contributed by atoms with Crippen LogP contribution in [0.1, 0.15) is 5.56 Å². The van der Waals surface area contributed by atoms with Crippen molar-refractivity contribution in [1.29, 1.82) is 0 Å². The van der Waals surface area contributed by atoms with E-state index in [1.54, 1.807) is 6.21 Å². The van der Waals surface area contributed by atoms with E-state index in [1.807, 2.05) is 30.5 Å². The number of hydrogen-bond donors (Lipinski definition) is 1. The monoisotopic (exact) mass is 174 g/mol. The van der Waals surface area contributed by atoms with Crippen LogP contribution in [0.5, 0.6) is 0 Å². The minimum Gasteiger partial charge on any atom is -0.399 e. The maximum Gasteiger partial charge on any atom is 0.106 e. The van der Waals surface area contributed by atoms with Gasteiger partial charge in [0, 0.05) is 11.7 Å². The summed E-state index contributed by atoms with van der Waals surface area (Å²) in [6.45, 7) is 0. The Balaban J connectivity index is 2.42. The van der Waals surface area contributed by atoms with Crippen molar-refractivity contribution < 1.29 is 4.84 Å². The van der Waals surface area contributed by atoms with Crippen molar-refractivity contribution >= 4 is 17.1 Å². The van der Waals surface area contributed by atoms with Gasteiger partial charge in [-0.2, -0.15) is 0 Å². The summed E-state index contributed by atoms with van der Waals surface area (Å²) in [6.07, 6.45) is 3.60. The van der Waals surface area contributed by atoms with Gasteiger partial charge in [0.15, 0.2) is 0 Å². The molecule has 1 heterocycles. The highest BCUT2D eigenvalue weighted by molar-refractivity contribution is 5.88. The largest absolute Gasteiger partial charge is 0.399 e. The number of rotatable bonds is 2.